The molecule has 0 bridgehead atoms. The van der Waals surface area contributed by atoms with Gasteiger partial charge in [0.25, 0.3) is 0 Å². The first kappa shape index (κ1) is 66.5. The van der Waals surface area contributed by atoms with Gasteiger partial charge in [-0.3, -0.25) is 0 Å². The van der Waals surface area contributed by atoms with Gasteiger partial charge in [0, 0.05) is 10.8 Å². The maximum Gasteiger partial charge on any atom is 0.534 e. The van der Waals surface area contributed by atoms with E-state index in [1.54, 1.807) is 12.1 Å². The number of benzene rings is 4. The Labute approximate surface area is 485 Å². The second-order valence-corrected chi connectivity index (χ2v) is 29.4. The molecule has 4 aliphatic heterocycles. The van der Waals surface area contributed by atoms with Gasteiger partial charge in [-0.1, -0.05) is 132 Å². The van der Waals surface area contributed by atoms with Crippen LogP contribution in [-0.4, -0.2) is 87.0 Å². The lowest BCUT2D eigenvalue weighted by molar-refractivity contribution is -0.0500. The molecule has 1 atom stereocenters. The van der Waals surface area contributed by atoms with E-state index in [4.69, 9.17) is 37.2 Å². The van der Waals surface area contributed by atoms with Gasteiger partial charge >= 0.3 is 43.9 Å². The van der Waals surface area contributed by atoms with E-state index in [1.165, 1.54) is 23.3 Å². The minimum Gasteiger partial charge on any atom is -0.405 e. The molecule has 4 saturated heterocycles. The predicted octanol–water partition coefficient (Wildman–Crippen LogP) is 13.5. The van der Waals surface area contributed by atoms with Gasteiger partial charge < -0.3 is 41.4 Å². The summed E-state index contributed by atoms with van der Waals surface area (Å²) in [7, 11) is -7.32. The third-order valence-corrected chi connectivity index (χ3v) is 19.2. The lowest BCUT2D eigenvalue weighted by Crippen LogP contribution is -2.41. The van der Waals surface area contributed by atoms with E-state index in [1.807, 2.05) is 86.6 Å². The molecule has 0 aromatic heterocycles. The van der Waals surface area contributed by atoms with Crippen LogP contribution in [0.2, 0.25) is 0 Å². The highest BCUT2D eigenvalue weighted by molar-refractivity contribution is 7.88. The Hall–Kier alpha value is -3.64. The fraction of sp³-hybridized carbons (Fsp3) is 0.613. The molecule has 4 aromatic carbocycles. The SMILES string of the molecule is CC(C)CC(C)(c1ccc(B2OC(C)(C)C(C)(C)O2)cc1)c1ccc(B2OC(C)(C)C(C)(C)O2)cc1.CC1(C)OB(B2OC(C)(C)C(C)(C)O2)OC1(C)C.Cc1ccc(C(C)(CC(C)C)c2ccc(OS(=O)(=O)C(F)(F)F)cc2)cc1. The minimum atomic E-state index is -5.68. The molecular weight excluding hydrogens is 1050 g/mol. The molecule has 4 aromatic rings. The second kappa shape index (κ2) is 23.0. The molecule has 0 N–H and O–H groups in total. The lowest BCUT2D eigenvalue weighted by atomic mass is 9.49. The molecule has 0 saturated carbocycles. The van der Waals surface area contributed by atoms with Gasteiger partial charge in [0.2, 0.25) is 0 Å². The number of hydrogen-bond acceptors (Lipinski definition) is 11. The van der Waals surface area contributed by atoms with Crippen LogP contribution in [0.1, 0.15) is 193 Å². The smallest absolute Gasteiger partial charge is 0.405 e. The van der Waals surface area contributed by atoms with Crippen LogP contribution in [0.5, 0.6) is 5.75 Å². The standard InChI is InChI=1S/C30H44B2O4.C20H23F3O3S.C12H24B2O4/c1-21(2)20-30(11,22-12-16-24(17-13-22)31-33-26(3,4)27(5,6)34-31)23-14-18-25(19-15-23)32-35-28(7,8)29(9,10)36-32;1-14(2)13-19(4,16-7-5-15(3)6-8-16)17-9-11-18(12-10-17)26-27(24,25)20(21,22)23;1-9(2)10(3,4)16-13(15-9)14-17-11(5,6)12(7,8)18-14/h12-19,21H,20H2,1-11H3;5-12,14H,13H2,1-4H3;1-8H3. The number of rotatable bonds is 13. The van der Waals surface area contributed by atoms with Gasteiger partial charge in [-0.2, -0.15) is 21.6 Å². The first-order valence-corrected chi connectivity index (χ1v) is 29.9. The Morgan fingerprint density at radius 3 is 0.901 bits per heavy atom. The number of aryl methyl sites for hydroxylation is 1. The van der Waals surface area contributed by atoms with Gasteiger partial charge in [0.15, 0.2) is 0 Å². The fourth-order valence-corrected chi connectivity index (χ4v) is 10.8. The molecular formula is C62H91B4F3O11S. The van der Waals surface area contributed by atoms with Crippen LogP contribution in [0.15, 0.2) is 97.1 Å². The Kier molecular flexibility index (Phi) is 18.9. The zero-order valence-electron chi connectivity index (χ0n) is 52.6. The van der Waals surface area contributed by atoms with Crippen molar-refractivity contribution in [1.82, 2.24) is 0 Å². The van der Waals surface area contributed by atoms with Gasteiger partial charge in [0.1, 0.15) is 5.75 Å². The van der Waals surface area contributed by atoms with Crippen molar-refractivity contribution < 1.29 is 63.0 Å². The highest BCUT2D eigenvalue weighted by Gasteiger charge is 2.64. The molecule has 81 heavy (non-hydrogen) atoms. The fourth-order valence-electron chi connectivity index (χ4n) is 10.4. The topological polar surface area (TPSA) is 117 Å². The molecule has 19 heteroatoms. The largest absolute Gasteiger partial charge is 0.534 e. The van der Waals surface area contributed by atoms with Crippen molar-refractivity contribution in [1.29, 1.82) is 0 Å². The average molecular weight is 1140 g/mol. The second-order valence-electron chi connectivity index (χ2n) is 27.9. The zero-order chi connectivity index (χ0) is 61.2. The molecule has 4 aliphatic rings. The molecule has 4 fully saturated rings. The molecule has 4 heterocycles. The van der Waals surface area contributed by atoms with Gasteiger partial charge in [-0.15, -0.1) is 0 Å². The molecule has 11 nitrogen and oxygen atoms in total. The highest BCUT2D eigenvalue weighted by atomic mass is 32.2. The van der Waals surface area contributed by atoms with E-state index >= 15 is 0 Å². The number of halogens is 3. The normalized spacial score (nSPS) is 22.0. The zero-order valence-corrected chi connectivity index (χ0v) is 53.5. The molecule has 8 rings (SSSR count). The van der Waals surface area contributed by atoms with Crippen molar-refractivity contribution in [3.63, 3.8) is 0 Å². The number of alkyl halides is 3. The maximum absolute atomic E-state index is 12.5. The number of hydrogen-bond donors (Lipinski definition) is 0. The van der Waals surface area contributed by atoms with Crippen LogP contribution in [0.3, 0.4) is 0 Å². The predicted molar refractivity (Wildman–Crippen MR) is 322 cm³/mol. The summed E-state index contributed by atoms with van der Waals surface area (Å²) >= 11 is 0. The Morgan fingerprint density at radius 2 is 0.654 bits per heavy atom. The summed E-state index contributed by atoms with van der Waals surface area (Å²) in [5.41, 5.74) is -1.00. The van der Waals surface area contributed by atoms with E-state index in [0.717, 1.165) is 40.5 Å². The van der Waals surface area contributed by atoms with Crippen LogP contribution in [0.25, 0.3) is 0 Å². The van der Waals surface area contributed by atoms with Crippen molar-refractivity contribution in [3.8, 4) is 5.75 Å². The van der Waals surface area contributed by atoms with Crippen molar-refractivity contribution in [3.05, 3.63) is 125 Å². The third kappa shape index (κ3) is 14.2. The lowest BCUT2D eigenvalue weighted by Gasteiger charge is -2.33. The molecule has 0 amide bonds. The third-order valence-electron chi connectivity index (χ3n) is 18.2. The summed E-state index contributed by atoms with van der Waals surface area (Å²) in [4.78, 5) is 0. The monoisotopic (exact) mass is 1140 g/mol. The first-order chi connectivity index (χ1) is 36.7. The van der Waals surface area contributed by atoms with E-state index in [9.17, 15) is 21.6 Å². The Morgan fingerprint density at radius 1 is 0.420 bits per heavy atom. The van der Waals surface area contributed by atoms with Gasteiger partial charge in [-0.05, 0) is 188 Å². The van der Waals surface area contributed by atoms with Crippen molar-refractivity contribution in [2.24, 2.45) is 11.8 Å². The molecule has 444 valence electrons. The van der Waals surface area contributed by atoms with Crippen molar-refractivity contribution >= 4 is 49.3 Å². The summed E-state index contributed by atoms with van der Waals surface area (Å²) in [5, 5.41) is 0. The molecule has 0 radical (unpaired) electrons. The van der Waals surface area contributed by atoms with Crippen LogP contribution in [0, 0.1) is 18.8 Å². The summed E-state index contributed by atoms with van der Waals surface area (Å²) in [5.74, 6) is 0.547. The molecule has 0 spiro atoms. The van der Waals surface area contributed by atoms with Gasteiger partial charge in [0.05, 0.1) is 44.8 Å². The molecule has 1 unspecified atom stereocenters. The van der Waals surface area contributed by atoms with E-state index < -0.39 is 29.6 Å². The Bertz CT molecular complexity index is 2710. The quantitative estimate of drug-likeness (QED) is 0.0723. The summed E-state index contributed by atoms with van der Waals surface area (Å²) in [6, 6.07) is 31.5. The van der Waals surface area contributed by atoms with E-state index in [0.29, 0.717) is 11.8 Å². The van der Waals surface area contributed by atoms with Crippen LogP contribution in [-0.2, 0) is 58.2 Å². The van der Waals surface area contributed by atoms with Crippen LogP contribution >= 0.6 is 0 Å². The summed E-state index contributed by atoms with van der Waals surface area (Å²) < 4.78 is 113. The summed E-state index contributed by atoms with van der Waals surface area (Å²) in [6.45, 7) is 48.1. The van der Waals surface area contributed by atoms with Crippen molar-refractivity contribution in [2.45, 2.75) is 233 Å². The van der Waals surface area contributed by atoms with Crippen LogP contribution in [0.4, 0.5) is 13.2 Å². The average Bonchev–Trinajstić information content (AvgIpc) is 3.89. The first-order valence-electron chi connectivity index (χ1n) is 28.5. The van der Waals surface area contributed by atoms with Crippen LogP contribution < -0.4 is 15.1 Å². The minimum absolute atomic E-state index is 0.128. The van der Waals surface area contributed by atoms with E-state index in [-0.39, 0.29) is 75.6 Å². The van der Waals surface area contributed by atoms with Crippen molar-refractivity contribution in [2.75, 3.05) is 0 Å². The summed E-state index contributed by atoms with van der Waals surface area (Å²) in [6.07, 6.45) is 1.86. The molecule has 0 aliphatic carbocycles. The van der Waals surface area contributed by atoms with E-state index in [2.05, 4.69) is 150 Å². The van der Waals surface area contributed by atoms with Gasteiger partial charge in [-0.25, -0.2) is 0 Å². The highest BCUT2D eigenvalue weighted by Crippen LogP contribution is 2.45. The maximum atomic E-state index is 12.5. The Balaban J connectivity index is 0.000000207.